The van der Waals surface area contributed by atoms with Crippen molar-refractivity contribution in [2.75, 3.05) is 18.0 Å². The number of anilines is 1. The molecule has 15 heavy (non-hydrogen) atoms. The van der Waals surface area contributed by atoms with E-state index in [-0.39, 0.29) is 0 Å². The minimum absolute atomic E-state index is 0.738. The summed E-state index contributed by atoms with van der Waals surface area (Å²) in [6.45, 7) is 2.30. The zero-order valence-electron chi connectivity index (χ0n) is 8.56. The summed E-state index contributed by atoms with van der Waals surface area (Å²) in [5.74, 6) is 1.77. The number of aldehydes is 1. The first-order valence-electron chi connectivity index (χ1n) is 5.53. The number of rotatable bonds is 2. The monoisotopic (exact) mass is 222 g/mol. The van der Waals surface area contributed by atoms with E-state index >= 15 is 0 Å². The fourth-order valence-electron chi connectivity index (χ4n) is 2.87. The van der Waals surface area contributed by atoms with E-state index in [2.05, 4.69) is 9.88 Å². The van der Waals surface area contributed by atoms with Crippen molar-refractivity contribution in [1.29, 1.82) is 0 Å². The van der Waals surface area contributed by atoms with Crippen molar-refractivity contribution in [2.45, 2.75) is 19.3 Å². The van der Waals surface area contributed by atoms with E-state index in [1.807, 2.05) is 0 Å². The lowest BCUT2D eigenvalue weighted by Gasteiger charge is -2.14. The Labute approximate surface area is 93.1 Å². The molecular formula is C11H14N2OS. The highest BCUT2D eigenvalue weighted by molar-refractivity contribution is 7.17. The molecule has 0 amide bonds. The lowest BCUT2D eigenvalue weighted by Crippen LogP contribution is -2.20. The Hall–Kier alpha value is -0.900. The van der Waals surface area contributed by atoms with Gasteiger partial charge in [0.25, 0.3) is 0 Å². The van der Waals surface area contributed by atoms with Crippen LogP contribution in [0.3, 0.4) is 0 Å². The molecular weight excluding hydrogens is 208 g/mol. The van der Waals surface area contributed by atoms with Crippen molar-refractivity contribution in [3.05, 3.63) is 11.1 Å². The molecule has 2 unspecified atom stereocenters. The average Bonchev–Trinajstić information content (AvgIpc) is 2.91. The zero-order chi connectivity index (χ0) is 10.3. The van der Waals surface area contributed by atoms with Gasteiger partial charge in [0.15, 0.2) is 11.4 Å². The van der Waals surface area contributed by atoms with Gasteiger partial charge in [0, 0.05) is 13.1 Å². The van der Waals surface area contributed by atoms with Crippen LogP contribution in [0.4, 0.5) is 5.13 Å². The van der Waals surface area contributed by atoms with Gasteiger partial charge in [-0.1, -0.05) is 17.8 Å². The highest BCUT2D eigenvalue weighted by Gasteiger charge is 2.36. The van der Waals surface area contributed by atoms with Gasteiger partial charge in [-0.3, -0.25) is 4.79 Å². The van der Waals surface area contributed by atoms with Crippen molar-refractivity contribution in [1.82, 2.24) is 4.98 Å². The maximum atomic E-state index is 10.6. The molecule has 1 aliphatic carbocycles. The number of thiazole rings is 1. The first-order chi connectivity index (χ1) is 7.36. The minimum Gasteiger partial charge on any atom is -0.348 e. The quantitative estimate of drug-likeness (QED) is 0.719. The maximum Gasteiger partial charge on any atom is 0.185 e. The standard InChI is InChI=1S/C11H14N2OS/c14-7-10-4-12-11(15-10)13-5-8-2-1-3-9(8)6-13/h4,7-9H,1-3,5-6H2. The molecule has 0 aromatic carbocycles. The molecule has 3 rings (SSSR count). The van der Waals surface area contributed by atoms with Gasteiger partial charge in [0.1, 0.15) is 0 Å². The van der Waals surface area contributed by atoms with Crippen LogP contribution >= 0.6 is 11.3 Å². The van der Waals surface area contributed by atoms with Crippen LogP contribution in [0.25, 0.3) is 0 Å². The van der Waals surface area contributed by atoms with E-state index in [0.717, 1.165) is 41.2 Å². The number of hydrogen-bond donors (Lipinski definition) is 0. The lowest BCUT2D eigenvalue weighted by molar-refractivity contribution is 0.112. The maximum absolute atomic E-state index is 10.6. The molecule has 1 aromatic rings. The molecule has 3 nitrogen and oxygen atoms in total. The highest BCUT2D eigenvalue weighted by atomic mass is 32.1. The van der Waals surface area contributed by atoms with Gasteiger partial charge in [0.05, 0.1) is 11.1 Å². The van der Waals surface area contributed by atoms with Crippen molar-refractivity contribution in [3.8, 4) is 0 Å². The SMILES string of the molecule is O=Cc1cnc(N2CC3CCCC3C2)s1. The summed E-state index contributed by atoms with van der Waals surface area (Å²) < 4.78 is 0. The summed E-state index contributed by atoms with van der Waals surface area (Å²) in [4.78, 5) is 18.0. The Bertz CT molecular complexity index is 364. The smallest absolute Gasteiger partial charge is 0.185 e. The van der Waals surface area contributed by atoms with E-state index in [1.54, 1.807) is 6.20 Å². The number of carbonyl (C=O) groups excluding carboxylic acids is 1. The van der Waals surface area contributed by atoms with Gasteiger partial charge in [-0.25, -0.2) is 4.98 Å². The summed E-state index contributed by atoms with van der Waals surface area (Å²) >= 11 is 1.52. The number of carbonyl (C=O) groups is 1. The summed E-state index contributed by atoms with van der Waals surface area (Å²) in [6, 6.07) is 0. The fourth-order valence-corrected chi connectivity index (χ4v) is 3.62. The van der Waals surface area contributed by atoms with Gasteiger partial charge >= 0.3 is 0 Å². The van der Waals surface area contributed by atoms with Gasteiger partial charge in [-0.15, -0.1) is 0 Å². The van der Waals surface area contributed by atoms with Crippen LogP contribution in [0, 0.1) is 11.8 Å². The third-order valence-electron chi connectivity index (χ3n) is 3.62. The Morgan fingerprint density at radius 1 is 1.40 bits per heavy atom. The third-order valence-corrected chi connectivity index (χ3v) is 4.61. The number of nitrogens with zero attached hydrogens (tertiary/aromatic N) is 2. The van der Waals surface area contributed by atoms with Gasteiger partial charge < -0.3 is 4.90 Å². The summed E-state index contributed by atoms with van der Waals surface area (Å²) in [5, 5.41) is 1.03. The predicted molar refractivity (Wildman–Crippen MR) is 60.5 cm³/mol. The summed E-state index contributed by atoms with van der Waals surface area (Å²) in [6.07, 6.45) is 6.74. The van der Waals surface area contributed by atoms with E-state index in [9.17, 15) is 4.79 Å². The minimum atomic E-state index is 0.738. The Morgan fingerprint density at radius 2 is 2.13 bits per heavy atom. The van der Waals surface area contributed by atoms with Crippen LogP contribution in [0.2, 0.25) is 0 Å². The molecule has 4 heteroatoms. The van der Waals surface area contributed by atoms with Crippen LogP contribution in [-0.2, 0) is 0 Å². The lowest BCUT2D eigenvalue weighted by atomic mass is 10.0. The average molecular weight is 222 g/mol. The van der Waals surface area contributed by atoms with Crippen LogP contribution < -0.4 is 4.90 Å². The highest BCUT2D eigenvalue weighted by Crippen LogP contribution is 2.40. The molecule has 1 aliphatic heterocycles. The predicted octanol–water partition coefficient (Wildman–Crippen LogP) is 2.19. The van der Waals surface area contributed by atoms with E-state index in [4.69, 9.17) is 0 Å². The summed E-state index contributed by atoms with van der Waals surface area (Å²) in [7, 11) is 0. The molecule has 0 radical (unpaired) electrons. The largest absolute Gasteiger partial charge is 0.348 e. The molecule has 2 aliphatic rings. The first-order valence-corrected chi connectivity index (χ1v) is 6.34. The number of hydrogen-bond acceptors (Lipinski definition) is 4. The molecule has 1 saturated carbocycles. The van der Waals surface area contributed by atoms with Crippen LogP contribution in [0.5, 0.6) is 0 Å². The van der Waals surface area contributed by atoms with Crippen LogP contribution in [0.1, 0.15) is 28.9 Å². The van der Waals surface area contributed by atoms with E-state index in [0.29, 0.717) is 0 Å². The Balaban J connectivity index is 1.76. The molecule has 80 valence electrons. The Kier molecular flexibility index (Phi) is 2.24. The molecule has 0 spiro atoms. The van der Waals surface area contributed by atoms with E-state index in [1.165, 1.54) is 30.6 Å². The summed E-state index contributed by atoms with van der Waals surface area (Å²) in [5.41, 5.74) is 0. The molecule has 1 saturated heterocycles. The van der Waals surface area contributed by atoms with Crippen LogP contribution in [0.15, 0.2) is 6.20 Å². The molecule has 2 atom stereocenters. The molecule has 0 bridgehead atoms. The first kappa shape index (κ1) is 9.33. The van der Waals surface area contributed by atoms with Crippen molar-refractivity contribution >= 4 is 22.8 Å². The number of fused-ring (bicyclic) bond motifs is 1. The molecule has 2 fully saturated rings. The second-order valence-electron chi connectivity index (χ2n) is 4.52. The topological polar surface area (TPSA) is 33.2 Å². The van der Waals surface area contributed by atoms with Gasteiger partial charge in [-0.2, -0.15) is 0 Å². The zero-order valence-corrected chi connectivity index (χ0v) is 9.37. The van der Waals surface area contributed by atoms with Crippen molar-refractivity contribution in [2.24, 2.45) is 11.8 Å². The normalized spacial score (nSPS) is 29.5. The molecule has 1 aromatic heterocycles. The van der Waals surface area contributed by atoms with Crippen molar-refractivity contribution < 1.29 is 4.79 Å². The van der Waals surface area contributed by atoms with Gasteiger partial charge in [-0.05, 0) is 24.7 Å². The fraction of sp³-hybridized carbons (Fsp3) is 0.636. The van der Waals surface area contributed by atoms with Crippen molar-refractivity contribution in [3.63, 3.8) is 0 Å². The van der Waals surface area contributed by atoms with Gasteiger partial charge in [0.2, 0.25) is 0 Å². The van der Waals surface area contributed by atoms with Crippen LogP contribution in [-0.4, -0.2) is 24.4 Å². The number of aromatic nitrogens is 1. The molecule has 0 N–H and O–H groups in total. The molecule has 2 heterocycles. The second kappa shape index (κ2) is 3.59. The Morgan fingerprint density at radius 3 is 2.73 bits per heavy atom. The second-order valence-corrected chi connectivity index (χ2v) is 5.56. The van der Waals surface area contributed by atoms with E-state index < -0.39 is 0 Å². The third kappa shape index (κ3) is 1.57.